The summed E-state index contributed by atoms with van der Waals surface area (Å²) < 4.78 is 18.1. The molecule has 0 amide bonds. The number of ether oxygens (including phenoxy) is 3. The molecule has 1 saturated heterocycles. The fourth-order valence-corrected chi connectivity index (χ4v) is 2.77. The Morgan fingerprint density at radius 1 is 1.48 bits per heavy atom. The van der Waals surface area contributed by atoms with E-state index in [1.54, 1.807) is 24.0 Å². The summed E-state index contributed by atoms with van der Waals surface area (Å²) in [6.45, 7) is 3.12. The van der Waals surface area contributed by atoms with Crippen LogP contribution in [0.15, 0.2) is 11.7 Å². The van der Waals surface area contributed by atoms with E-state index in [0.717, 1.165) is 16.5 Å². The quantitative estimate of drug-likeness (QED) is 0.793. The summed E-state index contributed by atoms with van der Waals surface area (Å²) in [7, 11) is 1.67. The fourth-order valence-electron chi connectivity index (χ4n) is 2.16. The summed E-state index contributed by atoms with van der Waals surface area (Å²) >= 11 is 1.55. The zero-order chi connectivity index (χ0) is 14.5. The van der Waals surface area contributed by atoms with Crippen molar-refractivity contribution in [3.8, 4) is 10.7 Å². The lowest BCUT2D eigenvalue weighted by atomic mass is 10.3. The predicted molar refractivity (Wildman–Crippen MR) is 77.3 cm³/mol. The van der Waals surface area contributed by atoms with Gasteiger partial charge in [-0.3, -0.25) is 4.98 Å². The fraction of sp³-hybridized carbons (Fsp3) is 0.615. The maximum atomic E-state index is 5.69. The molecule has 2 aromatic rings. The molecule has 2 aromatic heterocycles. The summed E-state index contributed by atoms with van der Waals surface area (Å²) in [5, 5.41) is 4.57. The Balaban J connectivity index is 1.80. The SMILES string of the molecule is COCCc1nc(-c2cncs2)n(CC2COCCO2)n1. The maximum Gasteiger partial charge on any atom is 0.170 e. The third kappa shape index (κ3) is 3.65. The average Bonchev–Trinajstić information content (AvgIpc) is 3.15. The summed E-state index contributed by atoms with van der Waals surface area (Å²) in [5.41, 5.74) is 1.80. The number of hydrogen-bond acceptors (Lipinski definition) is 7. The molecule has 0 bridgehead atoms. The highest BCUT2D eigenvalue weighted by Gasteiger charge is 2.20. The molecular weight excluding hydrogens is 292 g/mol. The Labute approximate surface area is 126 Å². The number of methoxy groups -OCH3 is 1. The molecule has 0 radical (unpaired) electrons. The van der Waals surface area contributed by atoms with E-state index in [9.17, 15) is 0 Å². The Hall–Kier alpha value is -1.35. The van der Waals surface area contributed by atoms with Crippen molar-refractivity contribution in [3.05, 3.63) is 17.5 Å². The highest BCUT2D eigenvalue weighted by atomic mass is 32.1. The van der Waals surface area contributed by atoms with Gasteiger partial charge in [0.15, 0.2) is 11.6 Å². The second kappa shape index (κ2) is 7.08. The van der Waals surface area contributed by atoms with E-state index < -0.39 is 0 Å². The first-order chi connectivity index (χ1) is 10.4. The normalized spacial score (nSPS) is 19.0. The average molecular weight is 310 g/mol. The monoisotopic (exact) mass is 310 g/mol. The minimum Gasteiger partial charge on any atom is -0.384 e. The van der Waals surface area contributed by atoms with Crippen LogP contribution >= 0.6 is 11.3 Å². The van der Waals surface area contributed by atoms with Crippen LogP contribution in [-0.4, -0.2) is 59.4 Å². The van der Waals surface area contributed by atoms with E-state index in [1.807, 2.05) is 10.9 Å². The minimum atomic E-state index is 0.0161. The second-order valence-corrected chi connectivity index (χ2v) is 5.60. The van der Waals surface area contributed by atoms with Crippen LogP contribution in [0.2, 0.25) is 0 Å². The first-order valence-corrected chi connectivity index (χ1v) is 7.75. The summed E-state index contributed by atoms with van der Waals surface area (Å²) in [6.07, 6.45) is 2.52. The van der Waals surface area contributed by atoms with Gasteiger partial charge >= 0.3 is 0 Å². The van der Waals surface area contributed by atoms with Crippen molar-refractivity contribution in [2.45, 2.75) is 19.1 Å². The molecule has 1 aliphatic rings. The van der Waals surface area contributed by atoms with Crippen molar-refractivity contribution in [2.75, 3.05) is 33.5 Å². The van der Waals surface area contributed by atoms with Crippen molar-refractivity contribution in [1.29, 1.82) is 0 Å². The molecule has 3 heterocycles. The summed E-state index contributed by atoms with van der Waals surface area (Å²) in [6, 6.07) is 0. The molecule has 21 heavy (non-hydrogen) atoms. The van der Waals surface area contributed by atoms with Gasteiger partial charge in [-0.25, -0.2) is 9.67 Å². The van der Waals surface area contributed by atoms with E-state index >= 15 is 0 Å². The highest BCUT2D eigenvalue weighted by Crippen LogP contribution is 2.22. The smallest absolute Gasteiger partial charge is 0.170 e. The Morgan fingerprint density at radius 3 is 3.14 bits per heavy atom. The maximum absolute atomic E-state index is 5.69. The summed E-state index contributed by atoms with van der Waals surface area (Å²) in [5.74, 6) is 1.61. The van der Waals surface area contributed by atoms with Crippen molar-refractivity contribution in [1.82, 2.24) is 19.7 Å². The second-order valence-electron chi connectivity index (χ2n) is 4.71. The highest BCUT2D eigenvalue weighted by molar-refractivity contribution is 7.13. The molecule has 1 aliphatic heterocycles. The number of nitrogens with zero attached hydrogens (tertiary/aromatic N) is 4. The standard InChI is InChI=1S/C13H18N4O3S/c1-18-3-2-12-15-13(11-6-14-9-21-11)17(16-12)7-10-8-19-4-5-20-10/h6,9-10H,2-5,7-8H2,1H3. The molecule has 7 nitrogen and oxygen atoms in total. The van der Waals surface area contributed by atoms with E-state index in [4.69, 9.17) is 14.2 Å². The molecule has 8 heteroatoms. The van der Waals surface area contributed by atoms with Crippen molar-refractivity contribution >= 4 is 11.3 Å². The van der Waals surface area contributed by atoms with Gasteiger partial charge in [0.05, 0.1) is 43.4 Å². The topological polar surface area (TPSA) is 71.3 Å². The van der Waals surface area contributed by atoms with Gasteiger partial charge in [-0.1, -0.05) is 0 Å². The zero-order valence-electron chi connectivity index (χ0n) is 11.9. The third-order valence-corrected chi connectivity index (χ3v) is 3.93. The molecule has 1 unspecified atom stereocenters. The van der Waals surface area contributed by atoms with Crippen LogP contribution in [0.5, 0.6) is 0 Å². The Bertz CT molecular complexity index is 552. The summed E-state index contributed by atoms with van der Waals surface area (Å²) in [4.78, 5) is 9.72. The van der Waals surface area contributed by atoms with Crippen molar-refractivity contribution in [2.24, 2.45) is 0 Å². The van der Waals surface area contributed by atoms with E-state index in [2.05, 4.69) is 15.1 Å². The minimum absolute atomic E-state index is 0.0161. The number of aromatic nitrogens is 4. The number of hydrogen-bond donors (Lipinski definition) is 0. The molecule has 0 N–H and O–H groups in total. The van der Waals surface area contributed by atoms with Gasteiger partial charge in [0.25, 0.3) is 0 Å². The van der Waals surface area contributed by atoms with E-state index in [-0.39, 0.29) is 6.10 Å². The van der Waals surface area contributed by atoms with Crippen molar-refractivity contribution < 1.29 is 14.2 Å². The lowest BCUT2D eigenvalue weighted by molar-refractivity contribution is -0.0945. The van der Waals surface area contributed by atoms with Crippen LogP contribution in [-0.2, 0) is 27.2 Å². The largest absolute Gasteiger partial charge is 0.384 e. The van der Waals surface area contributed by atoms with E-state index in [0.29, 0.717) is 39.4 Å². The molecule has 0 saturated carbocycles. The molecule has 0 aromatic carbocycles. The van der Waals surface area contributed by atoms with E-state index in [1.165, 1.54) is 0 Å². The molecule has 3 rings (SSSR count). The van der Waals surface area contributed by atoms with Gasteiger partial charge in [-0.05, 0) is 0 Å². The molecule has 114 valence electrons. The molecule has 0 aliphatic carbocycles. The zero-order valence-corrected chi connectivity index (χ0v) is 12.7. The Morgan fingerprint density at radius 2 is 2.43 bits per heavy atom. The lowest BCUT2D eigenvalue weighted by Gasteiger charge is -2.23. The van der Waals surface area contributed by atoms with Gasteiger partial charge < -0.3 is 14.2 Å². The van der Waals surface area contributed by atoms with Gasteiger partial charge in [0, 0.05) is 19.7 Å². The van der Waals surface area contributed by atoms with Crippen LogP contribution in [0, 0.1) is 0 Å². The van der Waals surface area contributed by atoms with Crippen LogP contribution in [0.1, 0.15) is 5.82 Å². The van der Waals surface area contributed by atoms with Gasteiger partial charge in [-0.2, -0.15) is 5.10 Å². The van der Waals surface area contributed by atoms with Crippen molar-refractivity contribution in [3.63, 3.8) is 0 Å². The van der Waals surface area contributed by atoms with Crippen LogP contribution < -0.4 is 0 Å². The Kier molecular flexibility index (Phi) is 4.91. The molecule has 1 atom stereocenters. The predicted octanol–water partition coefficient (Wildman–Crippen LogP) is 1.01. The molecular formula is C13H18N4O3S. The first-order valence-electron chi connectivity index (χ1n) is 6.87. The van der Waals surface area contributed by atoms with Gasteiger partial charge in [-0.15, -0.1) is 11.3 Å². The van der Waals surface area contributed by atoms with Crippen LogP contribution in [0.3, 0.4) is 0 Å². The first kappa shape index (κ1) is 14.6. The van der Waals surface area contributed by atoms with Crippen LogP contribution in [0.25, 0.3) is 10.7 Å². The molecule has 1 fully saturated rings. The lowest BCUT2D eigenvalue weighted by Crippen LogP contribution is -2.32. The molecule has 0 spiro atoms. The number of rotatable bonds is 6. The van der Waals surface area contributed by atoms with Gasteiger partial charge in [0.1, 0.15) is 6.10 Å². The van der Waals surface area contributed by atoms with Gasteiger partial charge in [0.2, 0.25) is 0 Å². The third-order valence-electron chi connectivity index (χ3n) is 3.16. The van der Waals surface area contributed by atoms with Crippen LogP contribution in [0.4, 0.5) is 0 Å². The number of thiazole rings is 1.